The molecule has 0 atom stereocenters. The second-order valence-corrected chi connectivity index (χ2v) is 6.16. The predicted octanol–water partition coefficient (Wildman–Crippen LogP) is 2.91. The van der Waals surface area contributed by atoms with Crippen molar-refractivity contribution in [1.29, 1.82) is 0 Å². The summed E-state index contributed by atoms with van der Waals surface area (Å²) < 4.78 is 0. The second-order valence-electron chi connectivity index (χ2n) is 6.16. The zero-order chi connectivity index (χ0) is 17.3. The van der Waals surface area contributed by atoms with Crippen LogP contribution in [0.5, 0.6) is 0 Å². The number of nitrogens with one attached hydrogen (secondary N) is 1. The first-order chi connectivity index (χ1) is 11.5. The van der Waals surface area contributed by atoms with Gasteiger partial charge in [-0.3, -0.25) is 9.59 Å². The molecule has 0 saturated heterocycles. The molecule has 5 heteroatoms. The first-order valence-corrected chi connectivity index (χ1v) is 7.95. The molecule has 0 bridgehead atoms. The molecule has 2 aromatic carbocycles. The summed E-state index contributed by atoms with van der Waals surface area (Å²) in [6.45, 7) is 2.26. The Balaban J connectivity index is 1.78. The lowest BCUT2D eigenvalue weighted by atomic mass is 10.1. The number of rotatable bonds is 3. The van der Waals surface area contributed by atoms with Gasteiger partial charge in [-0.25, -0.2) is 0 Å². The zero-order valence-corrected chi connectivity index (χ0v) is 14.2. The Bertz CT molecular complexity index is 782. The van der Waals surface area contributed by atoms with Crippen molar-refractivity contribution in [1.82, 2.24) is 0 Å². The van der Waals surface area contributed by atoms with Crippen molar-refractivity contribution >= 4 is 28.9 Å². The van der Waals surface area contributed by atoms with Gasteiger partial charge in [0.25, 0.3) is 5.91 Å². The van der Waals surface area contributed by atoms with E-state index in [0.29, 0.717) is 17.8 Å². The van der Waals surface area contributed by atoms with Crippen LogP contribution in [0.25, 0.3) is 0 Å². The lowest BCUT2D eigenvalue weighted by Gasteiger charge is -2.16. The Morgan fingerprint density at radius 1 is 1.08 bits per heavy atom. The van der Waals surface area contributed by atoms with Crippen molar-refractivity contribution in [3.05, 3.63) is 53.6 Å². The molecule has 124 valence electrons. The quantitative estimate of drug-likeness (QED) is 0.945. The maximum atomic E-state index is 12.4. The standard InChI is InChI=1S/C19H21N3O2/c1-13(23)22-11-10-14-4-7-16(12-18(14)22)20-19(24)15-5-8-17(9-6-15)21(2)3/h4-9,12H,10-11H2,1-3H3,(H,20,24). The molecule has 1 N–H and O–H groups in total. The summed E-state index contributed by atoms with van der Waals surface area (Å²) in [5.41, 5.74) is 4.37. The van der Waals surface area contributed by atoms with E-state index in [-0.39, 0.29) is 11.8 Å². The number of nitrogens with zero attached hydrogens (tertiary/aromatic N) is 2. The van der Waals surface area contributed by atoms with Gasteiger partial charge in [-0.05, 0) is 48.4 Å². The topological polar surface area (TPSA) is 52.7 Å². The molecule has 1 aliphatic rings. The molecule has 1 aliphatic heterocycles. The Morgan fingerprint density at radius 2 is 1.79 bits per heavy atom. The Labute approximate surface area is 141 Å². The van der Waals surface area contributed by atoms with E-state index < -0.39 is 0 Å². The van der Waals surface area contributed by atoms with E-state index in [1.807, 2.05) is 49.3 Å². The van der Waals surface area contributed by atoms with Crippen LogP contribution in [0.1, 0.15) is 22.8 Å². The number of benzene rings is 2. The summed E-state index contributed by atoms with van der Waals surface area (Å²) in [5, 5.41) is 2.91. The lowest BCUT2D eigenvalue weighted by Crippen LogP contribution is -2.25. The van der Waals surface area contributed by atoms with Crippen LogP contribution in [0.4, 0.5) is 17.1 Å². The molecule has 24 heavy (non-hydrogen) atoms. The van der Waals surface area contributed by atoms with Crippen molar-refractivity contribution in [3.63, 3.8) is 0 Å². The van der Waals surface area contributed by atoms with Crippen LogP contribution in [-0.2, 0) is 11.2 Å². The van der Waals surface area contributed by atoms with Gasteiger partial charge in [0.1, 0.15) is 0 Å². The maximum absolute atomic E-state index is 12.4. The molecule has 0 saturated carbocycles. The third-order valence-corrected chi connectivity index (χ3v) is 4.26. The number of carbonyl (C=O) groups is 2. The molecule has 0 spiro atoms. The van der Waals surface area contributed by atoms with Gasteiger partial charge in [-0.2, -0.15) is 0 Å². The SMILES string of the molecule is CC(=O)N1CCc2ccc(NC(=O)c3ccc(N(C)C)cc3)cc21. The van der Waals surface area contributed by atoms with E-state index in [2.05, 4.69) is 5.32 Å². The van der Waals surface area contributed by atoms with Gasteiger partial charge in [-0.1, -0.05) is 6.07 Å². The number of hydrogen-bond donors (Lipinski definition) is 1. The summed E-state index contributed by atoms with van der Waals surface area (Å²) in [4.78, 5) is 27.8. The van der Waals surface area contributed by atoms with Gasteiger partial charge in [0.05, 0.1) is 0 Å². The van der Waals surface area contributed by atoms with E-state index in [9.17, 15) is 9.59 Å². The fourth-order valence-electron chi connectivity index (χ4n) is 2.90. The third-order valence-electron chi connectivity index (χ3n) is 4.26. The smallest absolute Gasteiger partial charge is 0.255 e. The number of fused-ring (bicyclic) bond motifs is 1. The van der Waals surface area contributed by atoms with Crippen LogP contribution < -0.4 is 15.1 Å². The van der Waals surface area contributed by atoms with Crippen molar-refractivity contribution in [3.8, 4) is 0 Å². The van der Waals surface area contributed by atoms with E-state index in [1.165, 1.54) is 0 Å². The van der Waals surface area contributed by atoms with Gasteiger partial charge < -0.3 is 15.1 Å². The third kappa shape index (κ3) is 3.11. The zero-order valence-electron chi connectivity index (χ0n) is 14.2. The minimum atomic E-state index is -0.160. The molecule has 2 amide bonds. The first kappa shape index (κ1) is 16.1. The summed E-state index contributed by atoms with van der Waals surface area (Å²) in [5.74, 6) is -0.135. The van der Waals surface area contributed by atoms with Crippen LogP contribution in [0.2, 0.25) is 0 Å². The van der Waals surface area contributed by atoms with Gasteiger partial charge >= 0.3 is 0 Å². The highest BCUT2D eigenvalue weighted by Gasteiger charge is 2.22. The van der Waals surface area contributed by atoms with Crippen LogP contribution in [0, 0.1) is 0 Å². The molecule has 3 rings (SSSR count). The van der Waals surface area contributed by atoms with Crippen molar-refractivity contribution in [2.75, 3.05) is 35.8 Å². The highest BCUT2D eigenvalue weighted by molar-refractivity contribution is 6.05. The van der Waals surface area contributed by atoms with Gasteiger partial charge in [0.2, 0.25) is 5.91 Å². The number of amides is 2. The van der Waals surface area contributed by atoms with Gasteiger partial charge in [0, 0.05) is 50.2 Å². The van der Waals surface area contributed by atoms with E-state index in [4.69, 9.17) is 0 Å². The predicted molar refractivity (Wildman–Crippen MR) is 96.9 cm³/mol. The van der Waals surface area contributed by atoms with Crippen LogP contribution in [-0.4, -0.2) is 32.5 Å². The summed E-state index contributed by atoms with van der Waals surface area (Å²) in [7, 11) is 3.92. The summed E-state index contributed by atoms with van der Waals surface area (Å²) in [6, 6.07) is 13.2. The molecule has 0 radical (unpaired) electrons. The Kier molecular flexibility index (Phi) is 4.25. The fourth-order valence-corrected chi connectivity index (χ4v) is 2.90. The number of hydrogen-bond acceptors (Lipinski definition) is 3. The Morgan fingerprint density at radius 3 is 2.42 bits per heavy atom. The van der Waals surface area contributed by atoms with Crippen LogP contribution >= 0.6 is 0 Å². The van der Waals surface area contributed by atoms with Crippen molar-refractivity contribution in [2.24, 2.45) is 0 Å². The molecule has 0 fully saturated rings. The van der Waals surface area contributed by atoms with Gasteiger partial charge in [0.15, 0.2) is 0 Å². The van der Waals surface area contributed by atoms with Crippen molar-refractivity contribution in [2.45, 2.75) is 13.3 Å². The monoisotopic (exact) mass is 323 g/mol. The fraction of sp³-hybridized carbons (Fsp3) is 0.263. The molecule has 2 aromatic rings. The molecular weight excluding hydrogens is 302 g/mol. The molecule has 5 nitrogen and oxygen atoms in total. The van der Waals surface area contributed by atoms with Crippen LogP contribution in [0.3, 0.4) is 0 Å². The van der Waals surface area contributed by atoms with Gasteiger partial charge in [-0.15, -0.1) is 0 Å². The highest BCUT2D eigenvalue weighted by atomic mass is 16.2. The second kappa shape index (κ2) is 6.35. The molecule has 0 aromatic heterocycles. The Hall–Kier alpha value is -2.82. The molecule has 0 unspecified atom stereocenters. The minimum absolute atomic E-state index is 0.0245. The average molecular weight is 323 g/mol. The highest BCUT2D eigenvalue weighted by Crippen LogP contribution is 2.31. The molecular formula is C19H21N3O2. The average Bonchev–Trinajstić information content (AvgIpc) is 2.98. The van der Waals surface area contributed by atoms with Crippen LogP contribution in [0.15, 0.2) is 42.5 Å². The first-order valence-electron chi connectivity index (χ1n) is 7.95. The summed E-state index contributed by atoms with van der Waals surface area (Å²) >= 11 is 0. The normalized spacial score (nSPS) is 12.7. The largest absolute Gasteiger partial charge is 0.378 e. The van der Waals surface area contributed by atoms with Crippen molar-refractivity contribution < 1.29 is 9.59 Å². The maximum Gasteiger partial charge on any atom is 0.255 e. The molecule has 0 aliphatic carbocycles. The number of anilines is 3. The lowest BCUT2D eigenvalue weighted by molar-refractivity contribution is -0.116. The molecule has 1 heterocycles. The van der Waals surface area contributed by atoms with E-state index in [0.717, 1.165) is 23.4 Å². The minimum Gasteiger partial charge on any atom is -0.378 e. The number of carbonyl (C=O) groups excluding carboxylic acids is 2. The van der Waals surface area contributed by atoms with E-state index in [1.54, 1.807) is 24.0 Å². The summed E-state index contributed by atoms with van der Waals surface area (Å²) in [6.07, 6.45) is 0.856. The van der Waals surface area contributed by atoms with E-state index >= 15 is 0 Å².